The molecule has 1 aliphatic carbocycles. The smallest absolute Gasteiger partial charge is 0.314 e. The predicted octanol–water partition coefficient (Wildman–Crippen LogP) is 6.69. The molecule has 0 spiro atoms. The lowest BCUT2D eigenvalue weighted by Gasteiger charge is -2.27. The van der Waals surface area contributed by atoms with E-state index in [4.69, 9.17) is 4.74 Å². The third-order valence-corrected chi connectivity index (χ3v) is 6.25. The van der Waals surface area contributed by atoms with Crippen molar-refractivity contribution >= 4 is 5.97 Å². The molecule has 3 nitrogen and oxygen atoms in total. The minimum Gasteiger partial charge on any atom is -0.425 e. The standard InChI is InChI=1S/C26H34FNO2/c1-2-3-4-5-6-20-7-12-22(13-8-20)26(29)30-25-18-17-24(28-19-25)16-11-21-9-14-23(27)15-10-21/h9-10,14-15,17-20,22H,2-8,11-13,16H2,1H3. The summed E-state index contributed by atoms with van der Waals surface area (Å²) in [6.07, 6.45) is 14.0. The third-order valence-electron chi connectivity index (χ3n) is 6.25. The van der Waals surface area contributed by atoms with E-state index in [1.165, 1.54) is 44.2 Å². The number of aryl methyl sites for hydroxylation is 2. The Balaban J connectivity index is 1.38. The highest BCUT2D eigenvalue weighted by Gasteiger charge is 2.27. The van der Waals surface area contributed by atoms with Crippen LogP contribution >= 0.6 is 0 Å². The summed E-state index contributed by atoms with van der Waals surface area (Å²) < 4.78 is 18.6. The summed E-state index contributed by atoms with van der Waals surface area (Å²) in [5.74, 6) is 0.999. The number of carbonyl (C=O) groups excluding carboxylic acids is 1. The van der Waals surface area contributed by atoms with Gasteiger partial charge in [-0.05, 0) is 74.3 Å². The topological polar surface area (TPSA) is 39.2 Å². The number of hydrogen-bond acceptors (Lipinski definition) is 3. The highest BCUT2D eigenvalue weighted by atomic mass is 19.1. The van der Waals surface area contributed by atoms with E-state index in [2.05, 4.69) is 11.9 Å². The van der Waals surface area contributed by atoms with Gasteiger partial charge < -0.3 is 4.74 Å². The van der Waals surface area contributed by atoms with Gasteiger partial charge in [0.25, 0.3) is 0 Å². The molecule has 1 aromatic carbocycles. The fourth-order valence-electron chi connectivity index (χ4n) is 4.29. The lowest BCUT2D eigenvalue weighted by atomic mass is 9.80. The maximum Gasteiger partial charge on any atom is 0.314 e. The van der Waals surface area contributed by atoms with Gasteiger partial charge in [0.15, 0.2) is 0 Å². The van der Waals surface area contributed by atoms with Crippen molar-refractivity contribution in [2.24, 2.45) is 11.8 Å². The minimum absolute atomic E-state index is 0.0232. The number of pyridine rings is 1. The fraction of sp³-hybridized carbons (Fsp3) is 0.538. The second-order valence-electron chi connectivity index (χ2n) is 8.60. The van der Waals surface area contributed by atoms with Crippen LogP contribution in [0.25, 0.3) is 0 Å². The number of unbranched alkanes of at least 4 members (excludes halogenated alkanes) is 3. The molecule has 30 heavy (non-hydrogen) atoms. The van der Waals surface area contributed by atoms with Crippen molar-refractivity contribution in [3.8, 4) is 5.75 Å². The Morgan fingerprint density at radius 2 is 1.77 bits per heavy atom. The zero-order valence-electron chi connectivity index (χ0n) is 18.1. The van der Waals surface area contributed by atoms with Crippen LogP contribution in [0.3, 0.4) is 0 Å². The maximum absolute atomic E-state index is 13.0. The van der Waals surface area contributed by atoms with E-state index in [-0.39, 0.29) is 17.7 Å². The summed E-state index contributed by atoms with van der Waals surface area (Å²) in [5, 5.41) is 0. The van der Waals surface area contributed by atoms with Crippen LogP contribution in [0.5, 0.6) is 5.75 Å². The molecule has 2 aromatic rings. The van der Waals surface area contributed by atoms with E-state index in [1.54, 1.807) is 18.3 Å². The molecule has 4 heteroatoms. The number of rotatable bonds is 10. The van der Waals surface area contributed by atoms with Gasteiger partial charge in [-0.3, -0.25) is 9.78 Å². The van der Waals surface area contributed by atoms with Crippen LogP contribution < -0.4 is 4.74 Å². The molecule has 0 atom stereocenters. The molecule has 1 aliphatic rings. The second-order valence-corrected chi connectivity index (χ2v) is 8.60. The molecule has 0 saturated heterocycles. The number of halogens is 1. The normalized spacial score (nSPS) is 18.9. The van der Waals surface area contributed by atoms with Crippen LogP contribution in [0.4, 0.5) is 4.39 Å². The fourth-order valence-corrected chi connectivity index (χ4v) is 4.29. The number of carbonyl (C=O) groups is 1. The van der Waals surface area contributed by atoms with Crippen LogP contribution in [0.1, 0.15) is 76.0 Å². The minimum atomic E-state index is -0.219. The monoisotopic (exact) mass is 411 g/mol. The van der Waals surface area contributed by atoms with Gasteiger partial charge in [-0.25, -0.2) is 4.39 Å². The van der Waals surface area contributed by atoms with E-state index >= 15 is 0 Å². The summed E-state index contributed by atoms with van der Waals surface area (Å²) in [7, 11) is 0. The summed E-state index contributed by atoms with van der Waals surface area (Å²) in [6.45, 7) is 2.24. The Bertz CT molecular complexity index is 765. The van der Waals surface area contributed by atoms with Crippen molar-refractivity contribution in [2.45, 2.75) is 77.6 Å². The molecule has 1 heterocycles. The molecule has 0 radical (unpaired) electrons. The van der Waals surface area contributed by atoms with Crippen LogP contribution in [0.2, 0.25) is 0 Å². The lowest BCUT2D eigenvalue weighted by molar-refractivity contribution is -0.140. The van der Waals surface area contributed by atoms with Crippen molar-refractivity contribution < 1.29 is 13.9 Å². The van der Waals surface area contributed by atoms with E-state index in [9.17, 15) is 9.18 Å². The number of esters is 1. The summed E-state index contributed by atoms with van der Waals surface area (Å²) >= 11 is 0. The molecule has 1 fully saturated rings. The highest BCUT2D eigenvalue weighted by molar-refractivity contribution is 5.75. The van der Waals surface area contributed by atoms with E-state index in [1.807, 2.05) is 12.1 Å². The molecule has 1 aromatic heterocycles. The van der Waals surface area contributed by atoms with Gasteiger partial charge in [0.05, 0.1) is 12.1 Å². The van der Waals surface area contributed by atoms with Crippen LogP contribution in [0.15, 0.2) is 42.6 Å². The van der Waals surface area contributed by atoms with Crippen LogP contribution in [-0.2, 0) is 17.6 Å². The predicted molar refractivity (Wildman–Crippen MR) is 118 cm³/mol. The summed E-state index contributed by atoms with van der Waals surface area (Å²) in [4.78, 5) is 16.9. The number of nitrogens with zero attached hydrogens (tertiary/aromatic N) is 1. The highest BCUT2D eigenvalue weighted by Crippen LogP contribution is 2.33. The molecule has 1 saturated carbocycles. The van der Waals surface area contributed by atoms with E-state index in [0.29, 0.717) is 5.75 Å². The summed E-state index contributed by atoms with van der Waals surface area (Å²) in [5.41, 5.74) is 2.01. The molecular formula is C26H34FNO2. The molecule has 0 bridgehead atoms. The molecule has 0 unspecified atom stereocenters. The zero-order chi connectivity index (χ0) is 21.2. The number of benzene rings is 1. The van der Waals surface area contributed by atoms with Gasteiger partial charge >= 0.3 is 5.97 Å². The SMILES string of the molecule is CCCCCCC1CCC(C(=O)Oc2ccc(CCc3ccc(F)cc3)nc2)CC1. The number of aromatic nitrogens is 1. The van der Waals surface area contributed by atoms with Crippen LogP contribution in [0, 0.1) is 17.7 Å². The average molecular weight is 412 g/mol. The maximum atomic E-state index is 13.0. The van der Waals surface area contributed by atoms with Crippen molar-refractivity contribution in [2.75, 3.05) is 0 Å². The zero-order valence-corrected chi connectivity index (χ0v) is 18.1. The van der Waals surface area contributed by atoms with Gasteiger partial charge in [0.2, 0.25) is 0 Å². The van der Waals surface area contributed by atoms with Gasteiger partial charge in [-0.1, -0.05) is 51.2 Å². The summed E-state index contributed by atoms with van der Waals surface area (Å²) in [6, 6.07) is 10.3. The second kappa shape index (κ2) is 11.8. The Morgan fingerprint density at radius 1 is 1.00 bits per heavy atom. The number of ether oxygens (including phenoxy) is 1. The third kappa shape index (κ3) is 7.23. The van der Waals surface area contributed by atoms with Crippen molar-refractivity contribution in [1.82, 2.24) is 4.98 Å². The molecule has 0 N–H and O–H groups in total. The van der Waals surface area contributed by atoms with Gasteiger partial charge in [0, 0.05) is 5.69 Å². The van der Waals surface area contributed by atoms with Crippen molar-refractivity contribution in [1.29, 1.82) is 0 Å². The number of hydrogen-bond donors (Lipinski definition) is 0. The van der Waals surface area contributed by atoms with E-state index < -0.39 is 0 Å². The Morgan fingerprint density at radius 3 is 2.43 bits per heavy atom. The first kappa shape index (κ1) is 22.5. The van der Waals surface area contributed by atoms with Crippen molar-refractivity contribution in [3.63, 3.8) is 0 Å². The average Bonchev–Trinajstić information content (AvgIpc) is 2.78. The molecule has 0 amide bonds. The van der Waals surface area contributed by atoms with Crippen LogP contribution in [-0.4, -0.2) is 11.0 Å². The quantitative estimate of drug-likeness (QED) is 0.323. The Hall–Kier alpha value is -2.23. The van der Waals surface area contributed by atoms with Gasteiger partial charge in [-0.15, -0.1) is 0 Å². The van der Waals surface area contributed by atoms with Crippen molar-refractivity contribution in [3.05, 3.63) is 59.7 Å². The van der Waals surface area contributed by atoms with E-state index in [0.717, 1.165) is 55.7 Å². The van der Waals surface area contributed by atoms with Gasteiger partial charge in [0.1, 0.15) is 11.6 Å². The Kier molecular flexibility index (Phi) is 8.85. The van der Waals surface area contributed by atoms with Gasteiger partial charge in [-0.2, -0.15) is 0 Å². The first-order valence-electron chi connectivity index (χ1n) is 11.5. The molecule has 3 rings (SSSR count). The molecule has 162 valence electrons. The lowest BCUT2D eigenvalue weighted by Crippen LogP contribution is -2.25. The first-order valence-corrected chi connectivity index (χ1v) is 11.5. The molecular weight excluding hydrogens is 377 g/mol. The largest absolute Gasteiger partial charge is 0.425 e. The first-order chi connectivity index (χ1) is 14.6. The molecule has 0 aliphatic heterocycles. The Labute approximate surface area is 180 Å².